The highest BCUT2D eigenvalue weighted by molar-refractivity contribution is 6.12. The van der Waals surface area contributed by atoms with Crippen molar-refractivity contribution in [2.75, 3.05) is 0 Å². The van der Waals surface area contributed by atoms with Crippen LogP contribution in [0.3, 0.4) is 0 Å². The van der Waals surface area contributed by atoms with E-state index in [-0.39, 0.29) is 27.1 Å². The van der Waals surface area contributed by atoms with Crippen LogP contribution in [-0.2, 0) is 33.5 Å². The summed E-state index contributed by atoms with van der Waals surface area (Å²) in [5.74, 6) is 0. The summed E-state index contributed by atoms with van der Waals surface area (Å²) in [6, 6.07) is 79.9. The zero-order chi connectivity index (χ0) is 70.5. The van der Waals surface area contributed by atoms with Crippen molar-refractivity contribution in [3.63, 3.8) is 0 Å². The molecule has 0 aliphatic carbocycles. The summed E-state index contributed by atoms with van der Waals surface area (Å²) in [4.78, 5) is 12.9. The zero-order valence-corrected chi connectivity index (χ0v) is 59.7. The number of nitrogens with zero attached hydrogens (tertiary/aromatic N) is 9. The quantitative estimate of drug-likeness (QED) is 0.107. The first kappa shape index (κ1) is 65.2. The van der Waals surface area contributed by atoms with Gasteiger partial charge < -0.3 is 13.7 Å². The van der Waals surface area contributed by atoms with Crippen molar-refractivity contribution >= 4 is 65.4 Å². The van der Waals surface area contributed by atoms with E-state index in [4.69, 9.17) is 0 Å². The number of nitriles is 3. The normalized spacial score (nSPS) is 12.4. The molecule has 9 nitrogen and oxygen atoms in total. The van der Waals surface area contributed by atoms with Gasteiger partial charge in [0.25, 0.3) is 0 Å². The van der Waals surface area contributed by atoms with Crippen molar-refractivity contribution in [3.05, 3.63) is 287 Å². The minimum absolute atomic E-state index is 0.0615. The number of hydrogen-bond donors (Lipinski definition) is 0. The molecule has 101 heavy (non-hydrogen) atoms. The van der Waals surface area contributed by atoms with Crippen LogP contribution in [-0.4, -0.2) is 28.7 Å². The van der Waals surface area contributed by atoms with Gasteiger partial charge in [0.15, 0.2) is 0 Å². The largest absolute Gasteiger partial charge is 0.309 e. The molecule has 0 spiro atoms. The average Bonchev–Trinajstić information content (AvgIpc) is 1.59. The molecule has 494 valence electrons. The topological polar surface area (TPSA) is 125 Å². The van der Waals surface area contributed by atoms with E-state index < -0.39 is 0 Å². The fraction of sp³-hybridized carbons (Fsp3) is 0.217. The Hall–Kier alpha value is -11.7. The van der Waals surface area contributed by atoms with E-state index >= 15 is 0 Å². The highest BCUT2D eigenvalue weighted by Gasteiger charge is 2.31. The summed E-state index contributed by atoms with van der Waals surface area (Å²) in [6.45, 7) is 28.0. The van der Waals surface area contributed by atoms with Crippen LogP contribution >= 0.6 is 0 Å². The van der Waals surface area contributed by atoms with Crippen LogP contribution in [0.5, 0.6) is 0 Å². The Bertz CT molecular complexity index is 5940. The van der Waals surface area contributed by atoms with Gasteiger partial charge >= 0.3 is 0 Å². The Kier molecular flexibility index (Phi) is 15.9. The number of aromatic nitrogens is 6. The van der Waals surface area contributed by atoms with Gasteiger partial charge in [-0.15, -0.1) is 0 Å². The summed E-state index contributed by atoms with van der Waals surface area (Å²) < 4.78 is 7.05. The third-order valence-corrected chi connectivity index (χ3v) is 21.5. The molecule has 0 aliphatic heterocycles. The van der Waals surface area contributed by atoms with Crippen LogP contribution in [0.15, 0.2) is 237 Å². The van der Waals surface area contributed by atoms with E-state index in [1.54, 1.807) is 37.2 Å². The minimum atomic E-state index is -0.309. The lowest BCUT2D eigenvalue weighted by atomic mass is 9.72. The molecule has 0 radical (unpaired) electrons. The molecule has 0 bridgehead atoms. The number of fused-ring (bicyclic) bond motifs is 9. The summed E-state index contributed by atoms with van der Waals surface area (Å²) in [7, 11) is 0. The molecule has 6 heterocycles. The molecule has 9 heteroatoms. The highest BCUT2D eigenvalue weighted by atomic mass is 15.0. The van der Waals surface area contributed by atoms with Gasteiger partial charge in [-0.2, -0.15) is 15.8 Å². The lowest BCUT2D eigenvalue weighted by Gasteiger charge is -2.32. The second-order valence-corrected chi connectivity index (χ2v) is 31.7. The predicted molar refractivity (Wildman–Crippen MR) is 416 cm³/mol. The van der Waals surface area contributed by atoms with Crippen molar-refractivity contribution in [3.8, 4) is 68.7 Å². The summed E-state index contributed by atoms with van der Waals surface area (Å²) in [5.41, 5.74) is 23.7. The van der Waals surface area contributed by atoms with Gasteiger partial charge in [0, 0.05) is 92.1 Å². The van der Waals surface area contributed by atoms with E-state index in [1.807, 2.05) is 66.7 Å². The Morgan fingerprint density at radius 1 is 0.297 bits per heavy atom. The lowest BCUT2D eigenvalue weighted by molar-refractivity contribution is 0.375. The first-order chi connectivity index (χ1) is 48.4. The molecule has 0 unspecified atom stereocenters. The molecule has 9 aromatic carbocycles. The first-order valence-corrected chi connectivity index (χ1v) is 35.0. The maximum absolute atomic E-state index is 10.5. The second kappa shape index (κ2) is 24.6. The molecule has 6 aromatic heterocycles. The molecule has 15 rings (SSSR count). The summed E-state index contributed by atoms with van der Waals surface area (Å²) >= 11 is 0. The summed E-state index contributed by atoms with van der Waals surface area (Å²) in [5, 5.41) is 38.4. The van der Waals surface area contributed by atoms with E-state index in [2.05, 4.69) is 263 Å². The van der Waals surface area contributed by atoms with Crippen LogP contribution < -0.4 is 0 Å². The predicted octanol–water partition coefficient (Wildman–Crippen LogP) is 22.9. The Balaban J connectivity index is 0.807. The molecule has 0 atom stereocenters. The van der Waals surface area contributed by atoms with Gasteiger partial charge in [0.1, 0.15) is 0 Å². The van der Waals surface area contributed by atoms with Gasteiger partial charge in [-0.25, -0.2) is 0 Å². The number of hydrogen-bond acceptors (Lipinski definition) is 6. The van der Waals surface area contributed by atoms with Crippen molar-refractivity contribution in [2.45, 2.75) is 129 Å². The molecule has 0 saturated heterocycles. The molecule has 0 aliphatic rings. The summed E-state index contributed by atoms with van der Waals surface area (Å²) in [6.07, 6.45) is 13.4. The molecule has 15 aromatic rings. The Labute approximate surface area is 591 Å². The van der Waals surface area contributed by atoms with Gasteiger partial charge in [-0.1, -0.05) is 119 Å². The monoisotopic (exact) mass is 1310 g/mol. The van der Waals surface area contributed by atoms with Gasteiger partial charge in [0.2, 0.25) is 0 Å². The number of benzene rings is 9. The molecule has 0 saturated carbocycles. The van der Waals surface area contributed by atoms with Crippen molar-refractivity contribution < 1.29 is 0 Å². The van der Waals surface area contributed by atoms with Gasteiger partial charge in [-0.05, 0) is 271 Å². The van der Waals surface area contributed by atoms with Crippen molar-refractivity contribution in [2.24, 2.45) is 0 Å². The van der Waals surface area contributed by atoms with E-state index in [9.17, 15) is 15.8 Å². The fourth-order valence-electron chi connectivity index (χ4n) is 15.4. The molecular formula is C92H81N9. The smallest absolute Gasteiger partial charge is 0.0998 e. The molecule has 0 fully saturated rings. The van der Waals surface area contributed by atoms with Crippen LogP contribution in [0.25, 0.3) is 116 Å². The molecule has 0 N–H and O–H groups in total. The number of pyridine rings is 3. The highest BCUT2D eigenvalue weighted by Crippen LogP contribution is 2.46. The molecule has 0 amide bonds. The average molecular weight is 1310 g/mol. The van der Waals surface area contributed by atoms with Crippen LogP contribution in [0.4, 0.5) is 0 Å². The van der Waals surface area contributed by atoms with Gasteiger partial charge in [0.05, 0.1) is 68.0 Å². The van der Waals surface area contributed by atoms with E-state index in [0.29, 0.717) is 16.7 Å². The third kappa shape index (κ3) is 11.9. The SMILES string of the molecule is CC(C)(C)c1ccc2c(c1)c1cc(CC(C)(C)c3ccc4c(c3)c3cc(C(C)(C)CCC(C)(C)c5ccc6c(c5)c5cc(C(C)(C)C)ccc5n6-c5cc(C#N)cc(-c6ccncc6)c5)ccc3n4-c3ccc(C#N)c(-c4ccncc4)c3)ccc1n2-c1cc(C#N)cc(-c2ccncc2)c1. The maximum Gasteiger partial charge on any atom is 0.0998 e. The standard InChI is InChI=1S/C92H81N9/c1-88(2,3)67-15-22-85-77(48-67)76-45-58(13-21-82(76)100(85)73-43-59(55-93)41-65(46-73)61-27-35-96-36-28-61)54-92(11,12)71-19-26-84-81(52-71)80-51-69(17-24-83(80)99(84)72-20-14-64(57-95)75(53-72)63-31-39-98-40-32-63)90(7,8)33-34-91(9,10)70-18-25-87-79(50-70)78-49-68(89(4,5)6)16-23-86(78)101(87)74-44-60(56-94)42-66(47-74)62-29-37-97-38-30-62/h13-32,35-53H,33-34,54H2,1-12H3. The second-order valence-electron chi connectivity index (χ2n) is 31.7. The third-order valence-electron chi connectivity index (χ3n) is 21.5. The fourth-order valence-corrected chi connectivity index (χ4v) is 15.4. The lowest BCUT2D eigenvalue weighted by Crippen LogP contribution is -2.24. The van der Waals surface area contributed by atoms with Crippen LogP contribution in [0.2, 0.25) is 0 Å². The van der Waals surface area contributed by atoms with Crippen LogP contribution in [0.1, 0.15) is 146 Å². The van der Waals surface area contributed by atoms with Crippen LogP contribution in [0, 0.1) is 34.0 Å². The van der Waals surface area contributed by atoms with Crippen molar-refractivity contribution in [1.82, 2.24) is 28.7 Å². The van der Waals surface area contributed by atoms with E-state index in [0.717, 1.165) is 103 Å². The first-order valence-electron chi connectivity index (χ1n) is 35.0. The minimum Gasteiger partial charge on any atom is -0.309 e. The Morgan fingerprint density at radius 3 is 1.03 bits per heavy atom. The van der Waals surface area contributed by atoms with E-state index in [1.165, 1.54) is 65.7 Å². The molecular weight excluding hydrogens is 1230 g/mol. The maximum atomic E-state index is 10.5. The number of rotatable bonds is 14. The van der Waals surface area contributed by atoms with Crippen molar-refractivity contribution in [1.29, 1.82) is 15.8 Å². The van der Waals surface area contributed by atoms with Gasteiger partial charge in [-0.3, -0.25) is 15.0 Å². The zero-order valence-electron chi connectivity index (χ0n) is 59.7. The Morgan fingerprint density at radius 2 is 0.644 bits per heavy atom.